The maximum absolute atomic E-state index is 12.9. The van der Waals surface area contributed by atoms with Crippen LogP contribution in [0, 0.1) is 0 Å². The molecule has 25 heavy (non-hydrogen) atoms. The molecule has 0 saturated heterocycles. The molecule has 0 aliphatic carbocycles. The fourth-order valence-corrected chi connectivity index (χ4v) is 4.52. The second-order valence-corrected chi connectivity index (χ2v) is 7.82. The number of carbonyl (C=O) groups excluding carboxylic acids is 1. The number of benzene rings is 1. The minimum atomic E-state index is -3.62. The molecule has 0 unspecified atom stereocenters. The Kier molecular flexibility index (Phi) is 4.91. The summed E-state index contributed by atoms with van der Waals surface area (Å²) in [6, 6.07) is 6.80. The summed E-state index contributed by atoms with van der Waals surface area (Å²) in [4.78, 5) is 17.0. The van der Waals surface area contributed by atoms with Crippen molar-refractivity contribution >= 4 is 15.9 Å². The molecule has 8 heteroatoms. The van der Waals surface area contributed by atoms with Gasteiger partial charge in [-0.1, -0.05) is 32.4 Å². The molecule has 1 aromatic heterocycles. The Morgan fingerprint density at radius 1 is 1.28 bits per heavy atom. The molecule has 1 aliphatic heterocycles. The molecule has 2 heterocycles. The average molecular weight is 362 g/mol. The SMILES string of the molecule is CCCCNC(=O)c1ncn2c1CN(CC)S(=O)(=O)c1ccccc1-2. The van der Waals surface area contributed by atoms with Crippen molar-refractivity contribution in [2.75, 3.05) is 13.1 Å². The van der Waals surface area contributed by atoms with Crippen LogP contribution in [0.1, 0.15) is 42.9 Å². The number of fused-ring (bicyclic) bond motifs is 3. The van der Waals surface area contributed by atoms with E-state index in [1.54, 1.807) is 35.8 Å². The number of rotatable bonds is 5. The predicted molar refractivity (Wildman–Crippen MR) is 94.1 cm³/mol. The van der Waals surface area contributed by atoms with Crippen molar-refractivity contribution in [2.45, 2.75) is 38.1 Å². The summed E-state index contributed by atoms with van der Waals surface area (Å²) in [6.45, 7) is 4.85. The van der Waals surface area contributed by atoms with Gasteiger partial charge in [0.2, 0.25) is 10.0 Å². The van der Waals surface area contributed by atoms with Crippen LogP contribution in [-0.4, -0.2) is 41.3 Å². The second-order valence-electron chi connectivity index (χ2n) is 5.92. The molecule has 0 radical (unpaired) electrons. The number of imidazole rings is 1. The molecule has 1 aromatic carbocycles. The Labute approximate surface area is 147 Å². The van der Waals surface area contributed by atoms with Crippen molar-refractivity contribution in [3.8, 4) is 5.69 Å². The molecule has 1 aliphatic rings. The fourth-order valence-electron chi connectivity index (χ4n) is 2.93. The summed E-state index contributed by atoms with van der Waals surface area (Å²) >= 11 is 0. The van der Waals surface area contributed by atoms with E-state index in [0.29, 0.717) is 24.5 Å². The number of carbonyl (C=O) groups is 1. The lowest BCUT2D eigenvalue weighted by molar-refractivity contribution is 0.0947. The number of sulfonamides is 1. The molecule has 0 spiro atoms. The monoisotopic (exact) mass is 362 g/mol. The van der Waals surface area contributed by atoms with Gasteiger partial charge in [0.25, 0.3) is 5.91 Å². The lowest BCUT2D eigenvalue weighted by Gasteiger charge is -2.18. The quantitative estimate of drug-likeness (QED) is 0.824. The molecule has 0 fully saturated rings. The highest BCUT2D eigenvalue weighted by Crippen LogP contribution is 2.30. The zero-order valence-corrected chi connectivity index (χ0v) is 15.2. The van der Waals surface area contributed by atoms with E-state index in [9.17, 15) is 13.2 Å². The van der Waals surface area contributed by atoms with Crippen LogP contribution in [0.2, 0.25) is 0 Å². The van der Waals surface area contributed by atoms with Crippen LogP contribution >= 0.6 is 0 Å². The number of amides is 1. The first-order chi connectivity index (χ1) is 12.0. The Morgan fingerprint density at radius 2 is 2.04 bits per heavy atom. The zero-order valence-electron chi connectivity index (χ0n) is 14.4. The lowest BCUT2D eigenvalue weighted by Crippen LogP contribution is -2.31. The molecule has 3 rings (SSSR count). The van der Waals surface area contributed by atoms with E-state index in [1.807, 2.05) is 0 Å². The maximum Gasteiger partial charge on any atom is 0.271 e. The third-order valence-corrected chi connectivity index (χ3v) is 6.29. The number of unbranched alkanes of at least 4 members (excludes halogenated alkanes) is 1. The zero-order chi connectivity index (χ0) is 18.0. The third kappa shape index (κ3) is 3.07. The number of hydrogen-bond donors (Lipinski definition) is 1. The molecule has 7 nitrogen and oxygen atoms in total. The molecule has 0 bridgehead atoms. The molecule has 134 valence electrons. The molecule has 1 amide bonds. The van der Waals surface area contributed by atoms with Gasteiger partial charge in [0.15, 0.2) is 5.69 Å². The van der Waals surface area contributed by atoms with Crippen LogP contribution in [0.3, 0.4) is 0 Å². The van der Waals surface area contributed by atoms with E-state index in [4.69, 9.17) is 0 Å². The van der Waals surface area contributed by atoms with Crippen LogP contribution in [-0.2, 0) is 16.6 Å². The molecule has 1 N–H and O–H groups in total. The first-order valence-corrected chi connectivity index (χ1v) is 9.88. The summed E-state index contributed by atoms with van der Waals surface area (Å²) in [6.07, 6.45) is 3.40. The lowest BCUT2D eigenvalue weighted by atomic mass is 10.2. The predicted octanol–water partition coefficient (Wildman–Crippen LogP) is 1.93. The van der Waals surface area contributed by atoms with Gasteiger partial charge in [-0.25, -0.2) is 13.4 Å². The Hall–Kier alpha value is -2.19. The molecule has 0 atom stereocenters. The van der Waals surface area contributed by atoms with E-state index in [2.05, 4.69) is 17.2 Å². The van der Waals surface area contributed by atoms with Crippen LogP contribution in [0.5, 0.6) is 0 Å². The molecule has 0 saturated carbocycles. The average Bonchev–Trinajstić information content (AvgIpc) is 2.99. The van der Waals surface area contributed by atoms with E-state index in [1.165, 1.54) is 10.6 Å². The number of hydrogen-bond acceptors (Lipinski definition) is 4. The standard InChI is InChI=1S/C17H22N4O3S/c1-3-5-10-18-17(22)16-14-11-20(4-2)25(23,24)15-9-7-6-8-13(15)21(14)12-19-16/h6-9,12H,3-5,10-11H2,1-2H3,(H,18,22). The van der Waals surface area contributed by atoms with Gasteiger partial charge in [0, 0.05) is 13.1 Å². The largest absolute Gasteiger partial charge is 0.351 e. The van der Waals surface area contributed by atoms with Crippen LogP contribution in [0.4, 0.5) is 0 Å². The number of aromatic nitrogens is 2. The summed E-state index contributed by atoms with van der Waals surface area (Å²) in [7, 11) is -3.62. The topological polar surface area (TPSA) is 84.3 Å². The van der Waals surface area contributed by atoms with Gasteiger partial charge in [-0.3, -0.25) is 9.36 Å². The van der Waals surface area contributed by atoms with E-state index >= 15 is 0 Å². The number of para-hydroxylation sites is 1. The normalized spacial score (nSPS) is 15.9. The first-order valence-electron chi connectivity index (χ1n) is 8.44. The van der Waals surface area contributed by atoms with Gasteiger partial charge in [-0.05, 0) is 18.6 Å². The maximum atomic E-state index is 12.9. The van der Waals surface area contributed by atoms with Gasteiger partial charge >= 0.3 is 0 Å². The van der Waals surface area contributed by atoms with E-state index in [-0.39, 0.29) is 23.0 Å². The summed E-state index contributed by atoms with van der Waals surface area (Å²) in [5.41, 5.74) is 1.39. The van der Waals surface area contributed by atoms with E-state index < -0.39 is 10.0 Å². The molecular weight excluding hydrogens is 340 g/mol. The minimum Gasteiger partial charge on any atom is -0.351 e. The second kappa shape index (κ2) is 6.97. The molecule has 2 aromatic rings. The third-order valence-electron chi connectivity index (χ3n) is 4.32. The van der Waals surface area contributed by atoms with Crippen molar-refractivity contribution < 1.29 is 13.2 Å². The summed E-state index contributed by atoms with van der Waals surface area (Å²) in [5, 5.41) is 2.85. The van der Waals surface area contributed by atoms with Crippen molar-refractivity contribution in [3.63, 3.8) is 0 Å². The van der Waals surface area contributed by atoms with Crippen LogP contribution in [0.25, 0.3) is 5.69 Å². The van der Waals surface area contributed by atoms with Crippen molar-refractivity contribution in [2.24, 2.45) is 0 Å². The van der Waals surface area contributed by atoms with Gasteiger partial charge in [0.05, 0.1) is 17.9 Å². The molecular formula is C17H22N4O3S. The smallest absolute Gasteiger partial charge is 0.271 e. The Morgan fingerprint density at radius 3 is 2.76 bits per heavy atom. The highest BCUT2D eigenvalue weighted by molar-refractivity contribution is 7.89. The summed E-state index contributed by atoms with van der Waals surface area (Å²) < 4.78 is 28.9. The number of nitrogens with one attached hydrogen (secondary N) is 1. The van der Waals surface area contributed by atoms with Crippen molar-refractivity contribution in [3.05, 3.63) is 42.0 Å². The van der Waals surface area contributed by atoms with Crippen LogP contribution < -0.4 is 5.32 Å². The van der Waals surface area contributed by atoms with Gasteiger partial charge in [-0.15, -0.1) is 0 Å². The summed E-state index contributed by atoms with van der Waals surface area (Å²) in [5.74, 6) is -0.268. The Bertz CT molecular complexity index is 889. The van der Waals surface area contributed by atoms with Gasteiger partial charge < -0.3 is 5.32 Å². The highest BCUT2D eigenvalue weighted by Gasteiger charge is 2.33. The van der Waals surface area contributed by atoms with E-state index in [0.717, 1.165) is 12.8 Å². The van der Waals surface area contributed by atoms with Gasteiger partial charge in [-0.2, -0.15) is 4.31 Å². The number of nitrogens with zero attached hydrogens (tertiary/aromatic N) is 3. The minimum absolute atomic E-state index is 0.115. The van der Waals surface area contributed by atoms with Crippen molar-refractivity contribution in [1.82, 2.24) is 19.2 Å². The van der Waals surface area contributed by atoms with Crippen LogP contribution in [0.15, 0.2) is 35.5 Å². The Balaban J connectivity index is 2.09. The van der Waals surface area contributed by atoms with Gasteiger partial charge in [0.1, 0.15) is 11.2 Å². The van der Waals surface area contributed by atoms with Crippen molar-refractivity contribution in [1.29, 1.82) is 0 Å². The highest BCUT2D eigenvalue weighted by atomic mass is 32.2. The first kappa shape index (κ1) is 17.6. The fraction of sp³-hybridized carbons (Fsp3) is 0.412.